The van der Waals surface area contributed by atoms with Crippen LogP contribution in [0.2, 0.25) is 0 Å². The van der Waals surface area contributed by atoms with Crippen molar-refractivity contribution in [3.8, 4) is 0 Å². The van der Waals surface area contributed by atoms with Crippen LogP contribution in [0.1, 0.15) is 61.8 Å². The molecule has 0 saturated carbocycles. The highest BCUT2D eigenvalue weighted by molar-refractivity contribution is 7.17. The summed E-state index contributed by atoms with van der Waals surface area (Å²) in [5.74, 6) is -0.381. The molecule has 1 fully saturated rings. The molecule has 4 rings (SSSR count). The van der Waals surface area contributed by atoms with Gasteiger partial charge in [0, 0.05) is 18.0 Å². The molecule has 1 atom stereocenters. The fourth-order valence-electron chi connectivity index (χ4n) is 3.59. The minimum absolute atomic E-state index is 0.0902. The van der Waals surface area contributed by atoms with E-state index in [4.69, 9.17) is 4.74 Å². The highest BCUT2D eigenvalue weighted by atomic mass is 32.1. The monoisotopic (exact) mass is 406 g/mol. The highest BCUT2D eigenvalue weighted by Crippen LogP contribution is 2.38. The Balaban J connectivity index is 1.56. The largest absolute Gasteiger partial charge is 0.376 e. The number of aryl methyl sites for hydroxylation is 2. The number of carbonyl (C=O) groups excluding carboxylic acids is 2. The average molecular weight is 407 g/mol. The lowest BCUT2D eigenvalue weighted by Crippen LogP contribution is -2.32. The zero-order chi connectivity index (χ0) is 18.8. The Morgan fingerprint density at radius 1 is 1.22 bits per heavy atom. The number of amides is 2. The summed E-state index contributed by atoms with van der Waals surface area (Å²) in [7, 11) is 0. The van der Waals surface area contributed by atoms with Gasteiger partial charge in [0.1, 0.15) is 9.88 Å². The third-order valence-corrected chi connectivity index (χ3v) is 7.03. The smallest absolute Gasteiger partial charge is 0.269 e. The summed E-state index contributed by atoms with van der Waals surface area (Å²) in [6.07, 6.45) is 6.14. The molecule has 0 bridgehead atoms. The van der Waals surface area contributed by atoms with Crippen LogP contribution in [-0.4, -0.2) is 40.7 Å². The Morgan fingerprint density at radius 3 is 2.81 bits per heavy atom. The van der Waals surface area contributed by atoms with Crippen LogP contribution in [0.4, 0.5) is 5.00 Å². The Kier molecular flexibility index (Phi) is 5.51. The van der Waals surface area contributed by atoms with Crippen molar-refractivity contribution in [3.63, 3.8) is 0 Å². The van der Waals surface area contributed by atoms with Gasteiger partial charge in [-0.1, -0.05) is 4.49 Å². The summed E-state index contributed by atoms with van der Waals surface area (Å²) in [6.45, 7) is 3.03. The van der Waals surface area contributed by atoms with Crippen LogP contribution in [-0.2, 0) is 17.6 Å². The van der Waals surface area contributed by atoms with Crippen LogP contribution in [0.15, 0.2) is 0 Å². The number of aromatic nitrogens is 2. The van der Waals surface area contributed by atoms with Crippen LogP contribution in [0.3, 0.4) is 0 Å². The summed E-state index contributed by atoms with van der Waals surface area (Å²) in [5, 5.41) is 10.5. The van der Waals surface area contributed by atoms with Gasteiger partial charge in [0.25, 0.3) is 11.8 Å². The summed E-state index contributed by atoms with van der Waals surface area (Å²) >= 11 is 2.59. The molecule has 2 aliphatic rings. The molecule has 2 N–H and O–H groups in total. The van der Waals surface area contributed by atoms with Crippen molar-refractivity contribution < 1.29 is 14.3 Å². The number of nitrogens with one attached hydrogen (secondary N) is 2. The molecule has 0 aromatic carbocycles. The predicted molar refractivity (Wildman–Crippen MR) is 105 cm³/mol. The molecule has 0 radical (unpaired) electrons. The van der Waals surface area contributed by atoms with E-state index in [2.05, 4.69) is 20.2 Å². The van der Waals surface area contributed by atoms with E-state index in [0.717, 1.165) is 62.2 Å². The highest BCUT2D eigenvalue weighted by Gasteiger charge is 2.28. The number of ether oxygens (including phenoxy) is 1. The van der Waals surface area contributed by atoms with Gasteiger partial charge in [-0.25, -0.2) is 0 Å². The minimum atomic E-state index is -0.255. The van der Waals surface area contributed by atoms with Gasteiger partial charge in [0.2, 0.25) is 0 Å². The van der Waals surface area contributed by atoms with Gasteiger partial charge in [-0.15, -0.1) is 16.4 Å². The molecule has 0 spiro atoms. The first-order valence-electron chi connectivity index (χ1n) is 9.28. The zero-order valence-electron chi connectivity index (χ0n) is 15.2. The van der Waals surface area contributed by atoms with Gasteiger partial charge in [0.15, 0.2) is 0 Å². The summed E-state index contributed by atoms with van der Waals surface area (Å²) in [6, 6.07) is 0. The van der Waals surface area contributed by atoms with Crippen molar-refractivity contribution in [2.45, 2.75) is 51.6 Å². The molecule has 2 aromatic heterocycles. The second-order valence-corrected chi connectivity index (χ2v) is 8.76. The number of hydrogen-bond donors (Lipinski definition) is 2. The maximum Gasteiger partial charge on any atom is 0.269 e. The Labute approximate surface area is 165 Å². The number of fused-ring (bicyclic) bond motifs is 1. The standard InChI is InChI=1S/C18H22N4O3S2/c1-10-15(27-22-21-10)17(24)20-18-14(12-6-2-3-7-13(12)26-18)16(23)19-9-11-5-4-8-25-11/h11H,2-9H2,1H3,(H,19,23)(H,20,24)/t11-/m0/s1. The summed E-state index contributed by atoms with van der Waals surface area (Å²) < 4.78 is 9.42. The second kappa shape index (κ2) is 8.04. The Morgan fingerprint density at radius 2 is 2.07 bits per heavy atom. The van der Waals surface area contributed by atoms with E-state index in [1.54, 1.807) is 6.92 Å². The van der Waals surface area contributed by atoms with Crippen LogP contribution >= 0.6 is 22.9 Å². The van der Waals surface area contributed by atoms with Crippen molar-refractivity contribution in [1.29, 1.82) is 0 Å². The molecule has 7 nitrogen and oxygen atoms in total. The first-order valence-corrected chi connectivity index (χ1v) is 10.9. The van der Waals surface area contributed by atoms with Crippen LogP contribution < -0.4 is 10.6 Å². The van der Waals surface area contributed by atoms with Crippen LogP contribution in [0.5, 0.6) is 0 Å². The van der Waals surface area contributed by atoms with E-state index in [-0.39, 0.29) is 17.9 Å². The van der Waals surface area contributed by atoms with E-state index < -0.39 is 0 Å². The van der Waals surface area contributed by atoms with E-state index in [1.165, 1.54) is 16.2 Å². The average Bonchev–Trinajstić information content (AvgIpc) is 3.39. The molecular formula is C18H22N4O3S2. The Bertz CT molecular complexity index is 855. The van der Waals surface area contributed by atoms with Crippen molar-refractivity contribution in [2.75, 3.05) is 18.5 Å². The first kappa shape index (κ1) is 18.5. The first-order chi connectivity index (χ1) is 13.1. The lowest BCUT2D eigenvalue weighted by molar-refractivity contribution is 0.0858. The summed E-state index contributed by atoms with van der Waals surface area (Å²) in [5.41, 5.74) is 2.31. The maximum absolute atomic E-state index is 13.0. The number of hydrogen-bond acceptors (Lipinski definition) is 7. The predicted octanol–water partition coefficient (Wildman–Crippen LogP) is 2.95. The quantitative estimate of drug-likeness (QED) is 0.796. The summed E-state index contributed by atoms with van der Waals surface area (Å²) in [4.78, 5) is 27.3. The van der Waals surface area contributed by atoms with Crippen molar-refractivity contribution in [3.05, 3.63) is 26.6 Å². The fourth-order valence-corrected chi connectivity index (χ4v) is 5.43. The molecule has 9 heteroatoms. The molecule has 1 saturated heterocycles. The van der Waals surface area contributed by atoms with E-state index in [9.17, 15) is 9.59 Å². The topological polar surface area (TPSA) is 93.2 Å². The van der Waals surface area contributed by atoms with Crippen LogP contribution in [0, 0.1) is 6.92 Å². The molecule has 0 unspecified atom stereocenters. The second-order valence-electron chi connectivity index (χ2n) is 6.90. The van der Waals surface area contributed by atoms with Crippen molar-refractivity contribution in [2.24, 2.45) is 0 Å². The lowest BCUT2D eigenvalue weighted by atomic mass is 9.95. The number of carbonyl (C=O) groups is 2. The third-order valence-electron chi connectivity index (χ3n) is 5.00. The SMILES string of the molecule is Cc1nnsc1C(=O)Nc1sc2c(c1C(=O)NC[C@@H]1CCCO1)CCCC2. The van der Waals surface area contributed by atoms with Gasteiger partial charge in [-0.2, -0.15) is 0 Å². The molecule has 144 valence electrons. The molecule has 1 aliphatic carbocycles. The third kappa shape index (κ3) is 3.90. The number of thiophene rings is 1. The van der Waals surface area contributed by atoms with Gasteiger partial charge < -0.3 is 15.4 Å². The molecule has 2 amide bonds. The molecule has 27 heavy (non-hydrogen) atoms. The van der Waals surface area contributed by atoms with Gasteiger partial charge >= 0.3 is 0 Å². The van der Waals surface area contributed by atoms with E-state index in [0.29, 0.717) is 27.7 Å². The molecule has 3 heterocycles. The van der Waals surface area contributed by atoms with Gasteiger partial charge in [-0.3, -0.25) is 9.59 Å². The Hall–Kier alpha value is -1.84. The number of nitrogens with zero attached hydrogens (tertiary/aromatic N) is 2. The normalized spacial score (nSPS) is 18.9. The van der Waals surface area contributed by atoms with Crippen molar-refractivity contribution >= 4 is 39.7 Å². The zero-order valence-corrected chi connectivity index (χ0v) is 16.8. The number of anilines is 1. The number of rotatable bonds is 5. The molecule has 1 aliphatic heterocycles. The van der Waals surface area contributed by atoms with Crippen molar-refractivity contribution in [1.82, 2.24) is 14.9 Å². The minimum Gasteiger partial charge on any atom is -0.376 e. The van der Waals surface area contributed by atoms with E-state index in [1.807, 2.05) is 0 Å². The van der Waals surface area contributed by atoms with Gasteiger partial charge in [-0.05, 0) is 62.5 Å². The fraction of sp³-hybridized carbons (Fsp3) is 0.556. The lowest BCUT2D eigenvalue weighted by Gasteiger charge is -2.15. The van der Waals surface area contributed by atoms with Gasteiger partial charge in [0.05, 0.1) is 17.4 Å². The molecule has 2 aromatic rings. The van der Waals surface area contributed by atoms with Crippen LogP contribution in [0.25, 0.3) is 0 Å². The van der Waals surface area contributed by atoms with E-state index >= 15 is 0 Å². The molecular weight excluding hydrogens is 384 g/mol. The maximum atomic E-state index is 13.0.